The fourth-order valence-electron chi connectivity index (χ4n) is 0.515. The summed E-state index contributed by atoms with van der Waals surface area (Å²) in [5.41, 5.74) is 0. The summed E-state index contributed by atoms with van der Waals surface area (Å²) >= 11 is 0. The van der Waals surface area contributed by atoms with E-state index in [0.29, 0.717) is 13.2 Å². The highest BCUT2D eigenvalue weighted by Gasteiger charge is 1.83. The van der Waals surface area contributed by atoms with E-state index >= 15 is 0 Å². The van der Waals surface area contributed by atoms with Crippen LogP contribution in [0, 0.1) is 16.7 Å². The fraction of sp³-hybridized carbons (Fsp3) is 0.750. The quantitative estimate of drug-likeness (QED) is 0.340. The Morgan fingerprint density at radius 2 is 1.77 bits per heavy atom. The molecule has 74 valence electrons. The van der Waals surface area contributed by atoms with Crippen LogP contribution in [-0.4, -0.2) is 44.7 Å². The van der Waals surface area contributed by atoms with Gasteiger partial charge in [-0.15, -0.1) is 0 Å². The molecule has 0 saturated heterocycles. The predicted molar refractivity (Wildman–Crippen MR) is 47.2 cm³/mol. The minimum absolute atomic E-state index is 0.00316. The molecule has 0 bridgehead atoms. The molecule has 0 saturated carbocycles. The van der Waals surface area contributed by atoms with E-state index in [1.165, 1.54) is 0 Å². The summed E-state index contributed by atoms with van der Waals surface area (Å²) in [6.45, 7) is 1.32. The number of hydrogen-bond donors (Lipinski definition) is 1. The molecule has 0 atom stereocenters. The van der Waals surface area contributed by atoms with E-state index in [-0.39, 0.29) is 26.4 Å². The molecule has 0 rings (SSSR count). The SMILES string of the molecule is O=NCCOCC#CCOCCO. The van der Waals surface area contributed by atoms with Crippen LogP contribution < -0.4 is 0 Å². The van der Waals surface area contributed by atoms with Crippen LogP contribution in [0.1, 0.15) is 0 Å². The lowest BCUT2D eigenvalue weighted by atomic mass is 10.6. The first-order valence-electron chi connectivity index (χ1n) is 3.93. The molecule has 0 fully saturated rings. The third kappa shape index (κ3) is 11.0. The molecule has 0 aliphatic heterocycles. The number of nitrogens with zero attached hydrogens (tertiary/aromatic N) is 1. The lowest BCUT2D eigenvalue weighted by molar-refractivity contribution is 0.115. The Labute approximate surface area is 77.0 Å². The van der Waals surface area contributed by atoms with E-state index in [2.05, 4.69) is 17.0 Å². The monoisotopic (exact) mass is 187 g/mol. The smallest absolute Gasteiger partial charge is 0.107 e. The molecular formula is C8H13NO4. The molecule has 5 heteroatoms. The van der Waals surface area contributed by atoms with Gasteiger partial charge in [-0.1, -0.05) is 17.0 Å². The standard InChI is InChI=1S/C8H13NO4/c10-4-8-13-6-2-1-5-12-7-3-9-11/h10H,3-8H2. The zero-order chi connectivity index (χ0) is 9.78. The van der Waals surface area contributed by atoms with Gasteiger partial charge in [0, 0.05) is 0 Å². The van der Waals surface area contributed by atoms with Gasteiger partial charge >= 0.3 is 0 Å². The van der Waals surface area contributed by atoms with Gasteiger partial charge in [0.25, 0.3) is 0 Å². The molecule has 0 heterocycles. The Kier molecular flexibility index (Phi) is 10.2. The molecule has 0 radical (unpaired) electrons. The Morgan fingerprint density at radius 1 is 1.15 bits per heavy atom. The van der Waals surface area contributed by atoms with E-state index in [4.69, 9.17) is 14.6 Å². The van der Waals surface area contributed by atoms with Gasteiger partial charge in [0.05, 0.1) is 19.8 Å². The Bertz CT molecular complexity index is 173. The van der Waals surface area contributed by atoms with E-state index < -0.39 is 0 Å². The summed E-state index contributed by atoms with van der Waals surface area (Å²) in [7, 11) is 0. The second-order valence-corrected chi connectivity index (χ2v) is 2.04. The minimum Gasteiger partial charge on any atom is -0.394 e. The lowest BCUT2D eigenvalue weighted by Crippen LogP contribution is -2.00. The van der Waals surface area contributed by atoms with Crippen LogP contribution in [0.5, 0.6) is 0 Å². The van der Waals surface area contributed by atoms with Crippen molar-refractivity contribution in [3.8, 4) is 11.8 Å². The number of rotatable bonds is 7. The first kappa shape index (κ1) is 12.0. The second kappa shape index (κ2) is 11.0. The lowest BCUT2D eigenvalue weighted by Gasteiger charge is -1.94. The first-order chi connectivity index (χ1) is 6.41. The van der Waals surface area contributed by atoms with Crippen molar-refractivity contribution < 1.29 is 14.6 Å². The van der Waals surface area contributed by atoms with Crippen molar-refractivity contribution in [2.45, 2.75) is 0 Å². The van der Waals surface area contributed by atoms with E-state index in [9.17, 15) is 4.91 Å². The van der Waals surface area contributed by atoms with Crippen molar-refractivity contribution in [3.63, 3.8) is 0 Å². The van der Waals surface area contributed by atoms with Crippen LogP contribution in [0.4, 0.5) is 0 Å². The molecule has 5 nitrogen and oxygen atoms in total. The molecule has 0 aromatic heterocycles. The topological polar surface area (TPSA) is 68.1 Å². The van der Waals surface area contributed by atoms with Crippen molar-refractivity contribution in [1.29, 1.82) is 0 Å². The number of hydrogen-bond acceptors (Lipinski definition) is 5. The number of aliphatic hydroxyl groups excluding tert-OH is 1. The first-order valence-corrected chi connectivity index (χ1v) is 3.93. The highest BCUT2D eigenvalue weighted by Crippen LogP contribution is 1.75. The van der Waals surface area contributed by atoms with Gasteiger partial charge in [0.1, 0.15) is 19.8 Å². The number of ether oxygens (including phenoxy) is 2. The summed E-state index contributed by atoms with van der Waals surface area (Å²) < 4.78 is 9.77. The summed E-state index contributed by atoms with van der Waals surface area (Å²) in [6, 6.07) is 0. The van der Waals surface area contributed by atoms with Gasteiger partial charge in [0.15, 0.2) is 0 Å². The number of nitroso groups, excluding NO2 is 1. The highest BCUT2D eigenvalue weighted by atomic mass is 16.5. The molecular weight excluding hydrogens is 174 g/mol. The average molecular weight is 187 g/mol. The Morgan fingerprint density at radius 3 is 2.31 bits per heavy atom. The normalized spacial score (nSPS) is 9.00. The Balaban J connectivity index is 3.06. The van der Waals surface area contributed by atoms with Gasteiger partial charge in [-0.05, 0) is 0 Å². The molecule has 0 aliphatic rings. The molecule has 0 unspecified atom stereocenters. The van der Waals surface area contributed by atoms with Crippen molar-refractivity contribution in [2.24, 2.45) is 5.18 Å². The molecule has 0 aliphatic carbocycles. The van der Waals surface area contributed by atoms with E-state index in [1.54, 1.807) is 0 Å². The van der Waals surface area contributed by atoms with Gasteiger partial charge < -0.3 is 14.6 Å². The maximum absolute atomic E-state index is 9.60. The molecule has 1 N–H and O–H groups in total. The summed E-state index contributed by atoms with van der Waals surface area (Å²) in [4.78, 5) is 9.60. The summed E-state index contributed by atoms with van der Waals surface area (Å²) in [5, 5.41) is 10.9. The van der Waals surface area contributed by atoms with Gasteiger partial charge in [-0.3, -0.25) is 0 Å². The van der Waals surface area contributed by atoms with Crippen LogP contribution in [0.15, 0.2) is 5.18 Å². The molecule has 0 amide bonds. The van der Waals surface area contributed by atoms with Gasteiger partial charge in [0.2, 0.25) is 0 Å². The second-order valence-electron chi connectivity index (χ2n) is 2.04. The molecule has 0 aromatic carbocycles. The van der Waals surface area contributed by atoms with Gasteiger partial charge in [-0.25, -0.2) is 0 Å². The fourth-order valence-corrected chi connectivity index (χ4v) is 0.515. The third-order valence-corrected chi connectivity index (χ3v) is 1.04. The molecule has 13 heavy (non-hydrogen) atoms. The summed E-state index contributed by atoms with van der Waals surface area (Å²) in [5.74, 6) is 5.36. The van der Waals surface area contributed by atoms with Crippen LogP contribution in [0.3, 0.4) is 0 Å². The van der Waals surface area contributed by atoms with Crippen molar-refractivity contribution in [3.05, 3.63) is 4.91 Å². The minimum atomic E-state index is 0.00316. The predicted octanol–water partition coefficient (Wildman–Crippen LogP) is -0.218. The van der Waals surface area contributed by atoms with Crippen molar-refractivity contribution >= 4 is 0 Å². The van der Waals surface area contributed by atoms with Crippen LogP contribution in [0.25, 0.3) is 0 Å². The van der Waals surface area contributed by atoms with Gasteiger partial charge in [-0.2, -0.15) is 4.91 Å². The maximum Gasteiger partial charge on any atom is 0.107 e. The average Bonchev–Trinajstić information content (AvgIpc) is 2.16. The van der Waals surface area contributed by atoms with Crippen LogP contribution in [0.2, 0.25) is 0 Å². The molecule has 0 spiro atoms. The van der Waals surface area contributed by atoms with Crippen LogP contribution >= 0.6 is 0 Å². The zero-order valence-electron chi connectivity index (χ0n) is 7.36. The van der Waals surface area contributed by atoms with Crippen LogP contribution in [-0.2, 0) is 9.47 Å². The molecule has 0 aromatic rings. The Hall–Kier alpha value is -0.960. The zero-order valence-corrected chi connectivity index (χ0v) is 7.36. The largest absolute Gasteiger partial charge is 0.394 e. The van der Waals surface area contributed by atoms with E-state index in [1.807, 2.05) is 0 Å². The third-order valence-electron chi connectivity index (χ3n) is 1.04. The highest BCUT2D eigenvalue weighted by molar-refractivity contribution is 4.99. The van der Waals surface area contributed by atoms with Crippen molar-refractivity contribution in [2.75, 3.05) is 39.6 Å². The van der Waals surface area contributed by atoms with Crippen molar-refractivity contribution in [1.82, 2.24) is 0 Å². The van der Waals surface area contributed by atoms with E-state index in [0.717, 1.165) is 0 Å². The number of aliphatic hydroxyl groups is 1. The summed E-state index contributed by atoms with van der Waals surface area (Å²) in [6.07, 6.45) is 0. The maximum atomic E-state index is 9.60.